The van der Waals surface area contributed by atoms with Gasteiger partial charge >= 0.3 is 5.97 Å². The molecule has 1 N–H and O–H groups in total. The van der Waals surface area contributed by atoms with Gasteiger partial charge in [0.05, 0.1) is 35.4 Å². The highest BCUT2D eigenvalue weighted by molar-refractivity contribution is 7.09. The minimum atomic E-state index is -2.38. The minimum absolute atomic E-state index is 0.0121. The van der Waals surface area contributed by atoms with Crippen molar-refractivity contribution in [2.45, 2.75) is 216 Å². The van der Waals surface area contributed by atoms with Crippen LogP contribution in [0.2, 0.25) is 54.4 Å². The molecule has 0 unspecified atom stereocenters. The maximum atomic E-state index is 14.7. The summed E-state index contributed by atoms with van der Waals surface area (Å²) >= 11 is 1.67. The van der Waals surface area contributed by atoms with Crippen LogP contribution in [0.1, 0.15) is 147 Å². The average molecular weight is 853 g/mol. The first-order valence-corrected chi connectivity index (χ1v) is 30.6. The molecule has 1 rings (SSSR count). The number of hydrogen-bond donors (Lipinski definition) is 1. The number of thiazole rings is 1. The number of hydrogen-bond acceptors (Lipinski definition) is 7. The summed E-state index contributed by atoms with van der Waals surface area (Å²) in [6.45, 7) is 47.8. The number of rotatable bonds is 21. The van der Waals surface area contributed by atoms with Gasteiger partial charge in [0.25, 0.3) is 0 Å². The summed E-state index contributed by atoms with van der Waals surface area (Å²) in [4.78, 5) is 31.6. The zero-order chi connectivity index (χ0) is 44.0. The lowest BCUT2D eigenvalue weighted by Crippen LogP contribution is -2.54. The van der Waals surface area contributed by atoms with Crippen LogP contribution >= 0.6 is 11.3 Å². The topological polar surface area (TPSA) is 95.0 Å². The molecule has 7 nitrogen and oxygen atoms in total. The van der Waals surface area contributed by atoms with E-state index in [2.05, 4.69) is 145 Å². The average Bonchev–Trinajstić information content (AvgIpc) is 3.42. The molecule has 5 atom stereocenters. The Morgan fingerprint density at radius 2 is 1.30 bits per heavy atom. The fourth-order valence-electron chi connectivity index (χ4n) is 6.17. The number of carbonyl (C=O) groups excluding carboxylic acids is 1. The number of ketones is 1. The number of Topliss-reactive ketones (excluding diaryl/α,β-unsaturated/α-hetero) is 1. The fraction of sp³-hybridized carbons (Fsp3) is 0.800. The van der Waals surface area contributed by atoms with Crippen LogP contribution < -0.4 is 0 Å². The van der Waals surface area contributed by atoms with Gasteiger partial charge in [0.1, 0.15) is 5.78 Å². The Balaban J connectivity index is 3.37. The Morgan fingerprint density at radius 1 is 0.821 bits per heavy atom. The van der Waals surface area contributed by atoms with Gasteiger partial charge in [-0.15, -0.1) is 11.3 Å². The highest BCUT2D eigenvalue weighted by atomic mass is 32.1. The van der Waals surface area contributed by atoms with Crippen molar-refractivity contribution in [3.63, 3.8) is 0 Å². The number of aliphatic carboxylic acids is 1. The van der Waals surface area contributed by atoms with Gasteiger partial charge in [-0.2, -0.15) is 0 Å². The van der Waals surface area contributed by atoms with Crippen molar-refractivity contribution in [2.24, 2.45) is 17.3 Å². The maximum Gasteiger partial charge on any atom is 0.305 e. The van der Waals surface area contributed by atoms with E-state index < -0.39 is 48.4 Å². The lowest BCUT2D eigenvalue weighted by Gasteiger charge is -2.46. The van der Waals surface area contributed by atoms with Gasteiger partial charge in [-0.1, -0.05) is 102 Å². The van der Waals surface area contributed by atoms with Crippen LogP contribution in [0.3, 0.4) is 0 Å². The monoisotopic (exact) mass is 852 g/mol. The van der Waals surface area contributed by atoms with Crippen molar-refractivity contribution in [3.05, 3.63) is 33.3 Å². The maximum absolute atomic E-state index is 14.7. The number of aromatic nitrogens is 1. The van der Waals surface area contributed by atoms with E-state index >= 15 is 0 Å². The van der Waals surface area contributed by atoms with Crippen LogP contribution in [0.15, 0.2) is 22.6 Å². The van der Waals surface area contributed by atoms with Crippen molar-refractivity contribution in [1.29, 1.82) is 0 Å². The van der Waals surface area contributed by atoms with E-state index in [1.54, 1.807) is 11.3 Å². The first-order chi connectivity index (χ1) is 25.0. The van der Waals surface area contributed by atoms with Gasteiger partial charge in [-0.05, 0) is 118 Å². The molecule has 0 saturated heterocycles. The number of carbonyl (C=O) groups is 2. The second-order valence-corrected chi connectivity index (χ2v) is 37.2. The molecule has 0 aliphatic heterocycles. The van der Waals surface area contributed by atoms with E-state index in [9.17, 15) is 14.7 Å². The predicted molar refractivity (Wildman–Crippen MR) is 248 cm³/mol. The molecule has 0 aliphatic carbocycles. The summed E-state index contributed by atoms with van der Waals surface area (Å²) < 4.78 is 20.9. The minimum Gasteiger partial charge on any atom is -0.481 e. The van der Waals surface area contributed by atoms with Crippen molar-refractivity contribution < 1.29 is 28.0 Å². The molecular weight excluding hydrogens is 767 g/mol. The molecule has 1 aromatic rings. The summed E-state index contributed by atoms with van der Waals surface area (Å²) in [5, 5.41) is 13.1. The Kier molecular flexibility index (Phi) is 18.8. The van der Waals surface area contributed by atoms with E-state index in [4.69, 9.17) is 13.3 Å². The highest BCUT2D eigenvalue weighted by Crippen LogP contribution is 2.44. The molecule has 1 aromatic heterocycles. The molecule has 0 aromatic carbocycles. The van der Waals surface area contributed by atoms with Crippen LogP contribution in [-0.2, 0) is 22.9 Å². The molecule has 0 spiro atoms. The second-order valence-electron chi connectivity index (χ2n) is 21.9. The standard InChI is InChI=1S/C45H85NO6SSi3/c1-31(26-27-37(50-54(17,18)42(6,7)8)33(3)28-36-30-53-35(5)46-36)24-23-25-32(2)40(52-56(21,22)44(12,13)14)34(4)41(49)45(15,16)38(29-39(47)48)51-55(19,20)43(9,10)11/h26,28,30,32,34,37-38,40H,23-25,27,29H2,1-22H3,(H,47,48)/t32-,34+,37-,38-,40-/m0/s1. The number of carboxylic acids is 1. The lowest BCUT2D eigenvalue weighted by atomic mass is 9.73. The van der Waals surface area contributed by atoms with Crippen molar-refractivity contribution >= 4 is 54.1 Å². The fourth-order valence-corrected chi connectivity index (χ4v) is 11.0. The largest absolute Gasteiger partial charge is 0.481 e. The van der Waals surface area contributed by atoms with Crippen molar-refractivity contribution in [3.8, 4) is 0 Å². The quantitative estimate of drug-likeness (QED) is 0.0972. The molecule has 0 fully saturated rings. The van der Waals surface area contributed by atoms with Gasteiger partial charge in [0.2, 0.25) is 0 Å². The molecule has 324 valence electrons. The van der Waals surface area contributed by atoms with Gasteiger partial charge < -0.3 is 18.4 Å². The molecule has 0 amide bonds. The third-order valence-electron chi connectivity index (χ3n) is 13.4. The van der Waals surface area contributed by atoms with E-state index in [-0.39, 0.29) is 45.4 Å². The summed E-state index contributed by atoms with van der Waals surface area (Å²) in [5.41, 5.74) is 2.51. The zero-order valence-corrected chi connectivity index (χ0v) is 43.8. The van der Waals surface area contributed by atoms with Crippen molar-refractivity contribution in [2.75, 3.05) is 0 Å². The molecular formula is C45H85NO6SSi3. The smallest absolute Gasteiger partial charge is 0.305 e. The molecule has 1 heterocycles. The van der Waals surface area contributed by atoms with Gasteiger partial charge in [-0.3, -0.25) is 9.59 Å². The van der Waals surface area contributed by atoms with Gasteiger partial charge in [-0.25, -0.2) is 4.98 Å². The number of nitrogens with zero attached hydrogens (tertiary/aromatic N) is 1. The molecule has 0 saturated carbocycles. The van der Waals surface area contributed by atoms with E-state index in [1.165, 1.54) is 11.1 Å². The van der Waals surface area contributed by atoms with Gasteiger partial charge in [0, 0.05) is 16.7 Å². The van der Waals surface area contributed by atoms with Crippen LogP contribution in [0, 0.1) is 24.2 Å². The summed E-state index contributed by atoms with van der Waals surface area (Å²) in [7, 11) is -6.69. The first kappa shape index (κ1) is 52.8. The van der Waals surface area contributed by atoms with Crippen LogP contribution in [0.4, 0.5) is 0 Å². The molecule has 0 radical (unpaired) electrons. The van der Waals surface area contributed by atoms with E-state index in [0.29, 0.717) is 0 Å². The first-order valence-electron chi connectivity index (χ1n) is 21.0. The van der Waals surface area contributed by atoms with Crippen LogP contribution in [0.5, 0.6) is 0 Å². The second kappa shape index (κ2) is 19.9. The molecule has 11 heteroatoms. The van der Waals surface area contributed by atoms with Gasteiger partial charge in [0.15, 0.2) is 25.0 Å². The Hall–Kier alpha value is -1.22. The normalized spacial score (nSPS) is 17.4. The summed E-state index contributed by atoms with van der Waals surface area (Å²) in [6.07, 6.45) is 6.92. The molecule has 0 aliphatic rings. The number of allylic oxidation sites excluding steroid dienone is 1. The van der Waals surface area contributed by atoms with E-state index in [1.807, 2.05) is 27.7 Å². The third-order valence-corrected chi connectivity index (χ3v) is 27.7. The van der Waals surface area contributed by atoms with Crippen LogP contribution in [-0.4, -0.2) is 65.1 Å². The Bertz CT molecular complexity index is 1510. The Labute approximate surface area is 351 Å². The SMILES string of the molecule is CC(=CC[C@H](O[Si](C)(C)C(C)(C)C)C(C)=Cc1csc(C)n1)CCC[C@H](C)[C@H](O[Si](C)(C)C(C)(C)C)[C@@H](C)C(=O)C(C)(C)[C@H](CC(=O)O)O[Si](C)(C)C(C)(C)C. The number of aryl methyl sites for hydroxylation is 1. The number of carboxylic acid groups (broad SMARTS) is 1. The lowest BCUT2D eigenvalue weighted by molar-refractivity contribution is -0.146. The third kappa shape index (κ3) is 15.1. The van der Waals surface area contributed by atoms with E-state index in [0.717, 1.165) is 36.4 Å². The molecule has 0 bridgehead atoms. The Morgan fingerprint density at radius 3 is 1.75 bits per heavy atom. The van der Waals surface area contributed by atoms with Crippen LogP contribution in [0.25, 0.3) is 6.08 Å². The van der Waals surface area contributed by atoms with Crippen molar-refractivity contribution in [1.82, 2.24) is 4.98 Å². The highest BCUT2D eigenvalue weighted by Gasteiger charge is 2.50. The molecule has 56 heavy (non-hydrogen) atoms. The predicted octanol–water partition coefficient (Wildman–Crippen LogP) is 13.9. The summed E-state index contributed by atoms with van der Waals surface area (Å²) in [6, 6.07) is 0. The summed E-state index contributed by atoms with van der Waals surface area (Å²) in [5.74, 6) is -1.26. The zero-order valence-electron chi connectivity index (χ0n) is 40.0.